The number of unbranched alkanes of at least 4 members (excludes halogenated alkanes) is 4. The van der Waals surface area contributed by atoms with Gasteiger partial charge in [-0.2, -0.15) is 0 Å². The summed E-state index contributed by atoms with van der Waals surface area (Å²) in [6, 6.07) is 4.92. The summed E-state index contributed by atoms with van der Waals surface area (Å²) in [5.74, 6) is -0.160. The van der Waals surface area contributed by atoms with E-state index in [-0.39, 0.29) is 11.5 Å². The molecule has 0 radical (unpaired) electrons. The molecule has 0 aliphatic carbocycles. The minimum Gasteiger partial charge on any atom is -0.504 e. The van der Waals surface area contributed by atoms with Gasteiger partial charge in [-0.15, -0.1) is 0 Å². The molecule has 1 aromatic carbocycles. The van der Waals surface area contributed by atoms with E-state index in [0.29, 0.717) is 18.8 Å². The second kappa shape index (κ2) is 7.96. The lowest BCUT2D eigenvalue weighted by molar-refractivity contribution is 0.114. The van der Waals surface area contributed by atoms with Gasteiger partial charge in [-0.3, -0.25) is 0 Å². The number of phenols is 2. The Morgan fingerprint density at radius 1 is 1.06 bits per heavy atom. The van der Waals surface area contributed by atoms with E-state index in [1.54, 1.807) is 12.1 Å². The van der Waals surface area contributed by atoms with Crippen LogP contribution in [0.25, 0.3) is 0 Å². The van der Waals surface area contributed by atoms with Crippen molar-refractivity contribution in [1.29, 1.82) is 0 Å². The molecule has 1 aromatic rings. The van der Waals surface area contributed by atoms with E-state index >= 15 is 0 Å². The number of phenolic OH excluding ortho intramolecular Hbond substituents is 2. The molecule has 0 aromatic heterocycles. The highest BCUT2D eigenvalue weighted by atomic mass is 16.5. The van der Waals surface area contributed by atoms with Crippen molar-refractivity contribution in [3.05, 3.63) is 23.8 Å². The fourth-order valence-corrected chi connectivity index (χ4v) is 1.68. The van der Waals surface area contributed by atoms with Gasteiger partial charge in [-0.1, -0.05) is 44.7 Å². The Balaban J connectivity index is 2.16. The Kier molecular flexibility index (Phi) is 6.48. The van der Waals surface area contributed by atoms with Crippen molar-refractivity contribution in [2.24, 2.45) is 0 Å². The van der Waals surface area contributed by atoms with E-state index in [2.05, 4.69) is 6.92 Å². The van der Waals surface area contributed by atoms with Gasteiger partial charge >= 0.3 is 0 Å². The van der Waals surface area contributed by atoms with E-state index in [0.717, 1.165) is 6.42 Å². The molecule has 0 bridgehead atoms. The first-order chi connectivity index (χ1) is 8.25. The topological polar surface area (TPSA) is 49.7 Å². The van der Waals surface area contributed by atoms with Crippen LogP contribution in [-0.2, 0) is 11.3 Å². The summed E-state index contributed by atoms with van der Waals surface area (Å²) in [6.45, 7) is 3.26. The van der Waals surface area contributed by atoms with Crippen LogP contribution in [0, 0.1) is 0 Å². The Morgan fingerprint density at radius 2 is 1.82 bits per heavy atom. The molecule has 0 saturated carbocycles. The standard InChI is InChI=1S/C14H22O3/c1-2-3-4-5-6-10-17-11-12-8-7-9-13(15)14(12)16/h7-9,15-16H,2-6,10-11H2,1H3. The van der Waals surface area contributed by atoms with Crippen molar-refractivity contribution in [1.82, 2.24) is 0 Å². The highest BCUT2D eigenvalue weighted by molar-refractivity contribution is 5.43. The Bertz CT molecular complexity index is 323. The highest BCUT2D eigenvalue weighted by Crippen LogP contribution is 2.28. The van der Waals surface area contributed by atoms with E-state index in [4.69, 9.17) is 4.74 Å². The third kappa shape index (κ3) is 5.09. The molecule has 0 amide bonds. The lowest BCUT2D eigenvalue weighted by Gasteiger charge is -2.07. The van der Waals surface area contributed by atoms with Crippen LogP contribution in [0.1, 0.15) is 44.6 Å². The second-order valence-corrected chi connectivity index (χ2v) is 4.25. The second-order valence-electron chi connectivity index (χ2n) is 4.25. The molecule has 0 heterocycles. The fraction of sp³-hybridized carbons (Fsp3) is 0.571. The molecule has 3 nitrogen and oxygen atoms in total. The van der Waals surface area contributed by atoms with Crippen LogP contribution in [0.3, 0.4) is 0 Å². The zero-order valence-corrected chi connectivity index (χ0v) is 10.5. The summed E-state index contributed by atoms with van der Waals surface area (Å²) in [5.41, 5.74) is 0.638. The maximum Gasteiger partial charge on any atom is 0.163 e. The lowest BCUT2D eigenvalue weighted by atomic mass is 10.2. The lowest BCUT2D eigenvalue weighted by Crippen LogP contribution is -1.96. The molecule has 0 unspecified atom stereocenters. The summed E-state index contributed by atoms with van der Waals surface area (Å²) in [4.78, 5) is 0. The first-order valence-electron chi connectivity index (χ1n) is 6.33. The number of para-hydroxylation sites is 1. The molecule has 0 aliphatic rings. The number of hydrogen-bond donors (Lipinski definition) is 2. The highest BCUT2D eigenvalue weighted by Gasteiger charge is 2.04. The molecular formula is C14H22O3. The quantitative estimate of drug-likeness (QED) is 0.537. The van der Waals surface area contributed by atoms with Gasteiger partial charge < -0.3 is 14.9 Å². The summed E-state index contributed by atoms with van der Waals surface area (Å²) < 4.78 is 5.46. The SMILES string of the molecule is CCCCCCCOCc1cccc(O)c1O. The Morgan fingerprint density at radius 3 is 2.59 bits per heavy atom. The van der Waals surface area contributed by atoms with Crippen molar-refractivity contribution >= 4 is 0 Å². The molecule has 96 valence electrons. The maximum absolute atomic E-state index is 9.54. The molecule has 0 fully saturated rings. The van der Waals surface area contributed by atoms with Crippen LogP contribution in [0.15, 0.2) is 18.2 Å². The number of benzene rings is 1. The zero-order valence-electron chi connectivity index (χ0n) is 10.5. The molecule has 0 spiro atoms. The molecule has 17 heavy (non-hydrogen) atoms. The van der Waals surface area contributed by atoms with Gasteiger partial charge in [0.1, 0.15) is 0 Å². The molecule has 0 atom stereocenters. The van der Waals surface area contributed by atoms with Crippen LogP contribution in [-0.4, -0.2) is 16.8 Å². The van der Waals surface area contributed by atoms with Gasteiger partial charge in [0.05, 0.1) is 6.61 Å². The Hall–Kier alpha value is -1.22. The van der Waals surface area contributed by atoms with Crippen LogP contribution in [0.2, 0.25) is 0 Å². The summed E-state index contributed by atoms with van der Waals surface area (Å²) in [6.07, 6.45) is 6.04. The van der Waals surface area contributed by atoms with E-state index < -0.39 is 0 Å². The van der Waals surface area contributed by atoms with Crippen LogP contribution >= 0.6 is 0 Å². The summed E-state index contributed by atoms with van der Waals surface area (Å²) in [7, 11) is 0. The van der Waals surface area contributed by atoms with Crippen molar-refractivity contribution in [2.75, 3.05) is 6.61 Å². The van der Waals surface area contributed by atoms with Crippen LogP contribution < -0.4 is 0 Å². The van der Waals surface area contributed by atoms with E-state index in [1.807, 2.05) is 0 Å². The molecule has 1 rings (SSSR count). The monoisotopic (exact) mass is 238 g/mol. The zero-order chi connectivity index (χ0) is 12.5. The van der Waals surface area contributed by atoms with E-state index in [9.17, 15) is 10.2 Å². The predicted molar refractivity (Wildman–Crippen MR) is 68.2 cm³/mol. The number of aromatic hydroxyl groups is 2. The van der Waals surface area contributed by atoms with Crippen LogP contribution in [0.5, 0.6) is 11.5 Å². The van der Waals surface area contributed by atoms with Gasteiger partial charge in [0.25, 0.3) is 0 Å². The first-order valence-corrected chi connectivity index (χ1v) is 6.33. The van der Waals surface area contributed by atoms with Crippen molar-refractivity contribution in [3.63, 3.8) is 0 Å². The van der Waals surface area contributed by atoms with Crippen molar-refractivity contribution < 1.29 is 14.9 Å². The smallest absolute Gasteiger partial charge is 0.163 e. The minimum absolute atomic E-state index is 0.0708. The molecule has 3 heteroatoms. The average molecular weight is 238 g/mol. The molecule has 2 N–H and O–H groups in total. The third-order valence-corrected chi connectivity index (χ3v) is 2.75. The maximum atomic E-state index is 9.54. The van der Waals surface area contributed by atoms with Crippen LogP contribution in [0.4, 0.5) is 0 Å². The van der Waals surface area contributed by atoms with Gasteiger partial charge in [-0.05, 0) is 12.5 Å². The summed E-state index contributed by atoms with van der Waals surface area (Å²) in [5, 5.41) is 18.8. The number of ether oxygens (including phenoxy) is 1. The third-order valence-electron chi connectivity index (χ3n) is 2.75. The largest absolute Gasteiger partial charge is 0.504 e. The van der Waals surface area contributed by atoms with Gasteiger partial charge in [-0.25, -0.2) is 0 Å². The van der Waals surface area contributed by atoms with Crippen molar-refractivity contribution in [2.45, 2.75) is 45.6 Å². The Labute approximate surface area is 103 Å². The van der Waals surface area contributed by atoms with Gasteiger partial charge in [0.15, 0.2) is 11.5 Å². The first kappa shape index (κ1) is 13.8. The number of rotatable bonds is 8. The molecule has 0 aliphatic heterocycles. The summed E-state index contributed by atoms with van der Waals surface area (Å²) >= 11 is 0. The fourth-order valence-electron chi connectivity index (χ4n) is 1.68. The predicted octanol–water partition coefficient (Wildman–Crippen LogP) is 3.58. The number of hydrogen-bond acceptors (Lipinski definition) is 3. The van der Waals surface area contributed by atoms with E-state index in [1.165, 1.54) is 31.7 Å². The molecular weight excluding hydrogens is 216 g/mol. The van der Waals surface area contributed by atoms with Crippen molar-refractivity contribution in [3.8, 4) is 11.5 Å². The average Bonchev–Trinajstić information content (AvgIpc) is 2.33. The molecule has 0 saturated heterocycles. The normalized spacial score (nSPS) is 10.6. The van der Waals surface area contributed by atoms with Gasteiger partial charge in [0, 0.05) is 12.2 Å². The minimum atomic E-state index is -0.0888. The van der Waals surface area contributed by atoms with Gasteiger partial charge in [0.2, 0.25) is 0 Å².